The molecule has 0 atom stereocenters. The summed E-state index contributed by atoms with van der Waals surface area (Å²) in [5, 5.41) is 4.97. The van der Waals surface area contributed by atoms with Crippen molar-refractivity contribution >= 4 is 17.2 Å². The molecule has 0 aliphatic heterocycles. The zero-order chi connectivity index (χ0) is 15.2. The summed E-state index contributed by atoms with van der Waals surface area (Å²) in [4.78, 5) is 13.2. The summed E-state index contributed by atoms with van der Waals surface area (Å²) >= 11 is 1.66. The Morgan fingerprint density at radius 1 is 1.19 bits per heavy atom. The largest absolute Gasteiger partial charge is 0.493 e. The summed E-state index contributed by atoms with van der Waals surface area (Å²) in [6, 6.07) is 7.57. The number of hydrogen-bond acceptors (Lipinski definition) is 4. The molecule has 5 heteroatoms. The average molecular weight is 305 g/mol. The predicted molar refractivity (Wildman–Crippen MR) is 84.2 cm³/mol. The van der Waals surface area contributed by atoms with Crippen molar-refractivity contribution in [2.75, 3.05) is 14.2 Å². The van der Waals surface area contributed by atoms with Crippen molar-refractivity contribution in [1.29, 1.82) is 0 Å². The highest BCUT2D eigenvalue weighted by Gasteiger charge is 2.09. The van der Waals surface area contributed by atoms with Crippen LogP contribution in [0.4, 0.5) is 0 Å². The van der Waals surface area contributed by atoms with E-state index in [-0.39, 0.29) is 5.91 Å². The fraction of sp³-hybridized carbons (Fsp3) is 0.312. The monoisotopic (exact) mass is 305 g/mol. The topological polar surface area (TPSA) is 47.6 Å². The Bertz CT molecular complexity index is 622. The smallest absolute Gasteiger partial charge is 0.224 e. The van der Waals surface area contributed by atoms with Gasteiger partial charge in [-0.2, -0.15) is 0 Å². The maximum absolute atomic E-state index is 12.0. The van der Waals surface area contributed by atoms with Crippen LogP contribution in [0.2, 0.25) is 0 Å². The summed E-state index contributed by atoms with van der Waals surface area (Å²) < 4.78 is 10.4. The highest BCUT2D eigenvalue weighted by molar-refractivity contribution is 7.10. The third kappa shape index (κ3) is 3.98. The molecule has 0 spiro atoms. The molecular formula is C16H19NO3S. The number of thiophene rings is 1. The van der Waals surface area contributed by atoms with Crippen molar-refractivity contribution < 1.29 is 14.3 Å². The molecule has 2 rings (SSSR count). The van der Waals surface area contributed by atoms with Gasteiger partial charge in [0, 0.05) is 4.88 Å². The number of aryl methyl sites for hydroxylation is 1. The number of ether oxygens (including phenoxy) is 2. The molecule has 0 unspecified atom stereocenters. The van der Waals surface area contributed by atoms with E-state index in [9.17, 15) is 4.79 Å². The van der Waals surface area contributed by atoms with Crippen molar-refractivity contribution in [2.45, 2.75) is 19.9 Å². The minimum Gasteiger partial charge on any atom is -0.493 e. The maximum Gasteiger partial charge on any atom is 0.224 e. The van der Waals surface area contributed by atoms with Gasteiger partial charge < -0.3 is 14.8 Å². The van der Waals surface area contributed by atoms with E-state index in [1.54, 1.807) is 25.6 Å². The summed E-state index contributed by atoms with van der Waals surface area (Å²) in [6.07, 6.45) is 0.324. The number of carbonyl (C=O) groups excluding carboxylic acids is 1. The molecule has 0 saturated heterocycles. The first-order valence-electron chi connectivity index (χ1n) is 6.64. The highest BCUT2D eigenvalue weighted by atomic mass is 32.1. The number of amides is 1. The molecule has 1 aromatic heterocycles. The molecule has 1 heterocycles. The van der Waals surface area contributed by atoms with Gasteiger partial charge in [-0.3, -0.25) is 4.79 Å². The molecule has 0 fully saturated rings. The predicted octanol–water partition coefficient (Wildman–Crippen LogP) is 2.93. The van der Waals surface area contributed by atoms with E-state index >= 15 is 0 Å². The van der Waals surface area contributed by atoms with Crippen LogP contribution in [0.1, 0.15) is 16.0 Å². The summed E-state index contributed by atoms with van der Waals surface area (Å²) in [6.45, 7) is 2.63. The average Bonchev–Trinajstić information content (AvgIpc) is 2.90. The fourth-order valence-corrected chi connectivity index (χ4v) is 2.85. The van der Waals surface area contributed by atoms with Crippen LogP contribution >= 0.6 is 11.3 Å². The Balaban J connectivity index is 1.95. The van der Waals surface area contributed by atoms with Gasteiger partial charge in [0.2, 0.25) is 5.91 Å². The second kappa shape index (κ2) is 7.13. The zero-order valence-electron chi connectivity index (χ0n) is 12.4. The third-order valence-electron chi connectivity index (χ3n) is 3.23. The number of nitrogens with one attached hydrogen (secondary N) is 1. The molecule has 0 radical (unpaired) electrons. The Morgan fingerprint density at radius 3 is 2.57 bits per heavy atom. The lowest BCUT2D eigenvalue weighted by Gasteiger charge is -2.10. The van der Waals surface area contributed by atoms with Crippen molar-refractivity contribution in [2.24, 2.45) is 0 Å². The number of hydrogen-bond donors (Lipinski definition) is 1. The van der Waals surface area contributed by atoms with Gasteiger partial charge in [-0.15, -0.1) is 11.3 Å². The molecule has 0 aliphatic rings. The minimum atomic E-state index is -0.00461. The van der Waals surface area contributed by atoms with Crippen LogP contribution < -0.4 is 14.8 Å². The lowest BCUT2D eigenvalue weighted by molar-refractivity contribution is -0.120. The van der Waals surface area contributed by atoms with E-state index in [1.807, 2.05) is 30.5 Å². The van der Waals surface area contributed by atoms with E-state index in [0.717, 1.165) is 5.56 Å². The van der Waals surface area contributed by atoms with E-state index in [4.69, 9.17) is 9.47 Å². The standard InChI is InChI=1S/C16H19NO3S/c1-11-6-7-21-15(11)10-17-16(18)9-12-4-5-13(19-2)14(8-12)20-3/h4-8H,9-10H2,1-3H3,(H,17,18). The molecule has 0 saturated carbocycles. The van der Waals surface area contributed by atoms with Crippen LogP contribution in [-0.2, 0) is 17.8 Å². The number of methoxy groups -OCH3 is 2. The molecule has 21 heavy (non-hydrogen) atoms. The second-order valence-electron chi connectivity index (χ2n) is 4.67. The van der Waals surface area contributed by atoms with Gasteiger partial charge in [-0.25, -0.2) is 0 Å². The molecule has 0 aliphatic carbocycles. The van der Waals surface area contributed by atoms with Crippen molar-refractivity contribution in [3.63, 3.8) is 0 Å². The SMILES string of the molecule is COc1ccc(CC(=O)NCc2sccc2C)cc1OC. The van der Waals surface area contributed by atoms with Gasteiger partial charge in [0.05, 0.1) is 27.2 Å². The van der Waals surface area contributed by atoms with Crippen LogP contribution in [0.25, 0.3) is 0 Å². The molecule has 4 nitrogen and oxygen atoms in total. The molecule has 1 N–H and O–H groups in total. The Hall–Kier alpha value is -2.01. The van der Waals surface area contributed by atoms with Crippen LogP contribution in [-0.4, -0.2) is 20.1 Å². The summed E-state index contributed by atoms with van der Waals surface area (Å²) in [5.41, 5.74) is 2.11. The molecule has 0 bridgehead atoms. The first kappa shape index (κ1) is 15.4. The van der Waals surface area contributed by atoms with Gasteiger partial charge in [0.15, 0.2) is 11.5 Å². The van der Waals surface area contributed by atoms with Gasteiger partial charge in [0.1, 0.15) is 0 Å². The van der Waals surface area contributed by atoms with Crippen molar-refractivity contribution in [1.82, 2.24) is 5.32 Å². The lowest BCUT2D eigenvalue weighted by atomic mass is 10.1. The van der Waals surface area contributed by atoms with Crippen LogP contribution in [0.3, 0.4) is 0 Å². The normalized spacial score (nSPS) is 10.2. The lowest BCUT2D eigenvalue weighted by Crippen LogP contribution is -2.24. The van der Waals surface area contributed by atoms with Crippen LogP contribution in [0, 0.1) is 6.92 Å². The Morgan fingerprint density at radius 2 is 1.95 bits per heavy atom. The van der Waals surface area contributed by atoms with Gasteiger partial charge in [0.25, 0.3) is 0 Å². The van der Waals surface area contributed by atoms with E-state index in [1.165, 1.54) is 10.4 Å². The van der Waals surface area contributed by atoms with Gasteiger partial charge in [-0.1, -0.05) is 6.07 Å². The molecule has 2 aromatic rings. The zero-order valence-corrected chi connectivity index (χ0v) is 13.3. The quantitative estimate of drug-likeness (QED) is 0.892. The van der Waals surface area contributed by atoms with Gasteiger partial charge in [-0.05, 0) is 41.6 Å². The molecular weight excluding hydrogens is 286 g/mol. The number of benzene rings is 1. The van der Waals surface area contributed by atoms with Crippen LogP contribution in [0.15, 0.2) is 29.6 Å². The van der Waals surface area contributed by atoms with Crippen molar-refractivity contribution in [3.05, 3.63) is 45.6 Å². The highest BCUT2D eigenvalue weighted by Crippen LogP contribution is 2.27. The van der Waals surface area contributed by atoms with Crippen molar-refractivity contribution in [3.8, 4) is 11.5 Å². The summed E-state index contributed by atoms with van der Waals surface area (Å²) in [5.74, 6) is 1.29. The number of rotatable bonds is 6. The number of carbonyl (C=O) groups is 1. The van der Waals surface area contributed by atoms with E-state index < -0.39 is 0 Å². The second-order valence-corrected chi connectivity index (χ2v) is 5.67. The third-order valence-corrected chi connectivity index (χ3v) is 4.25. The molecule has 1 aromatic carbocycles. The Labute approximate surface area is 128 Å². The first-order chi connectivity index (χ1) is 10.1. The maximum atomic E-state index is 12.0. The first-order valence-corrected chi connectivity index (χ1v) is 7.52. The molecule has 1 amide bonds. The minimum absolute atomic E-state index is 0.00461. The Kier molecular flexibility index (Phi) is 5.22. The summed E-state index contributed by atoms with van der Waals surface area (Å²) in [7, 11) is 3.18. The van der Waals surface area contributed by atoms with Crippen LogP contribution in [0.5, 0.6) is 11.5 Å². The molecule has 112 valence electrons. The fourth-order valence-electron chi connectivity index (χ4n) is 2.00. The van der Waals surface area contributed by atoms with E-state index in [2.05, 4.69) is 11.4 Å². The van der Waals surface area contributed by atoms with E-state index in [0.29, 0.717) is 24.5 Å². The van der Waals surface area contributed by atoms with Gasteiger partial charge >= 0.3 is 0 Å².